The number of aliphatic hydroxyl groups excluding tert-OH is 1. The molecule has 0 radical (unpaired) electrons. The topological polar surface area (TPSA) is 61.6 Å². The molecule has 0 amide bonds. The molecule has 6 nitrogen and oxygen atoms in total. The van der Waals surface area contributed by atoms with Crippen molar-refractivity contribution in [3.63, 3.8) is 0 Å². The van der Waals surface area contributed by atoms with Crippen molar-refractivity contribution in [3.05, 3.63) is 51.4 Å². The average Bonchev–Trinajstić information content (AvgIpc) is 2.58. The quantitative estimate of drug-likeness (QED) is 0.868. The molecule has 1 atom stereocenters. The molecular weight excluding hydrogens is 366 g/mol. The highest BCUT2D eigenvalue weighted by Gasteiger charge is 2.22. The van der Waals surface area contributed by atoms with Crippen LogP contribution in [-0.4, -0.2) is 58.6 Å². The molecule has 0 unspecified atom stereocenters. The van der Waals surface area contributed by atoms with E-state index in [1.807, 2.05) is 4.90 Å². The number of aliphatic hydroxyl groups is 1. The Kier molecular flexibility index (Phi) is 5.55. The van der Waals surface area contributed by atoms with Gasteiger partial charge in [0.2, 0.25) is 0 Å². The summed E-state index contributed by atoms with van der Waals surface area (Å²) < 4.78 is 27.8. The largest absolute Gasteiger partial charge is 0.392 e. The fourth-order valence-electron chi connectivity index (χ4n) is 3.01. The summed E-state index contributed by atoms with van der Waals surface area (Å²) in [6.07, 6.45) is 1.01. The zero-order valence-electron chi connectivity index (χ0n) is 14.2. The molecule has 0 aliphatic carbocycles. The van der Waals surface area contributed by atoms with Crippen LogP contribution in [0.1, 0.15) is 6.92 Å². The second-order valence-corrected chi connectivity index (χ2v) is 6.67. The Labute approximate surface area is 154 Å². The average molecular weight is 385 g/mol. The molecule has 2 aromatic rings. The predicted molar refractivity (Wildman–Crippen MR) is 95.1 cm³/mol. The van der Waals surface area contributed by atoms with E-state index in [1.54, 1.807) is 6.92 Å². The monoisotopic (exact) mass is 384 g/mol. The molecule has 0 bridgehead atoms. The zero-order chi connectivity index (χ0) is 18.8. The molecule has 9 heteroatoms. The molecule has 2 heterocycles. The fraction of sp³-hybridized carbons (Fsp3) is 0.412. The summed E-state index contributed by atoms with van der Waals surface area (Å²) in [5, 5.41) is 13.4. The third kappa shape index (κ3) is 3.87. The number of aromatic nitrogens is 2. The molecule has 1 aromatic carbocycles. The Balaban J connectivity index is 1.84. The highest BCUT2D eigenvalue weighted by molar-refractivity contribution is 6.33. The number of hydrogen-bond donors (Lipinski definition) is 1. The van der Waals surface area contributed by atoms with Gasteiger partial charge in [0, 0.05) is 38.8 Å². The van der Waals surface area contributed by atoms with Gasteiger partial charge in [-0.15, -0.1) is 0 Å². The highest BCUT2D eigenvalue weighted by Crippen LogP contribution is 2.23. The molecule has 26 heavy (non-hydrogen) atoms. The van der Waals surface area contributed by atoms with E-state index in [0.29, 0.717) is 31.4 Å². The Morgan fingerprint density at radius 1 is 1.23 bits per heavy atom. The van der Waals surface area contributed by atoms with Crippen molar-refractivity contribution in [2.24, 2.45) is 0 Å². The minimum Gasteiger partial charge on any atom is -0.392 e. The number of nitrogens with zero attached hydrogens (tertiary/aromatic N) is 4. The minimum atomic E-state index is -0.893. The van der Waals surface area contributed by atoms with Gasteiger partial charge in [0.15, 0.2) is 5.82 Å². The molecule has 0 saturated carbocycles. The van der Waals surface area contributed by atoms with Crippen molar-refractivity contribution in [1.29, 1.82) is 0 Å². The van der Waals surface area contributed by atoms with Gasteiger partial charge in [0.05, 0.1) is 18.0 Å². The van der Waals surface area contributed by atoms with Crippen LogP contribution in [-0.2, 0) is 0 Å². The lowest BCUT2D eigenvalue weighted by Crippen LogP contribution is -2.48. The third-order valence-electron chi connectivity index (χ3n) is 4.27. The number of β-amino-alcohol motifs (C(OH)–C–C–N with tert-alkyl or cyclic N) is 1. The van der Waals surface area contributed by atoms with Crippen LogP contribution in [0, 0.1) is 11.6 Å². The van der Waals surface area contributed by atoms with Crippen LogP contribution in [0.2, 0.25) is 5.02 Å². The number of halogens is 3. The molecule has 140 valence electrons. The Hall–Kier alpha value is -2.03. The maximum absolute atomic E-state index is 13.9. The normalized spacial score (nSPS) is 16.7. The molecule has 1 saturated heterocycles. The van der Waals surface area contributed by atoms with Gasteiger partial charge in [0.1, 0.15) is 16.5 Å². The van der Waals surface area contributed by atoms with E-state index in [4.69, 9.17) is 11.6 Å². The van der Waals surface area contributed by atoms with E-state index in [9.17, 15) is 18.7 Å². The molecule has 1 fully saturated rings. The van der Waals surface area contributed by atoms with Gasteiger partial charge in [-0.25, -0.2) is 8.78 Å². The molecule has 1 aliphatic heterocycles. The van der Waals surface area contributed by atoms with Gasteiger partial charge in [-0.3, -0.25) is 9.69 Å². The summed E-state index contributed by atoms with van der Waals surface area (Å²) in [6, 6.07) is 2.88. The van der Waals surface area contributed by atoms with Crippen LogP contribution in [0.15, 0.2) is 29.2 Å². The van der Waals surface area contributed by atoms with Crippen LogP contribution >= 0.6 is 11.6 Å². The minimum absolute atomic E-state index is 0.0623. The van der Waals surface area contributed by atoms with Crippen molar-refractivity contribution in [2.45, 2.75) is 13.0 Å². The third-order valence-corrected chi connectivity index (χ3v) is 4.63. The molecule has 3 rings (SSSR count). The first-order chi connectivity index (χ1) is 12.4. The van der Waals surface area contributed by atoms with E-state index in [1.165, 1.54) is 6.20 Å². The van der Waals surface area contributed by atoms with Gasteiger partial charge in [-0.1, -0.05) is 11.6 Å². The number of benzene rings is 1. The van der Waals surface area contributed by atoms with Crippen LogP contribution in [0.4, 0.5) is 14.5 Å². The Morgan fingerprint density at radius 3 is 2.54 bits per heavy atom. The lowest BCUT2D eigenvalue weighted by atomic mass is 10.2. The van der Waals surface area contributed by atoms with E-state index in [0.717, 1.165) is 29.9 Å². The predicted octanol–water partition coefficient (Wildman–Crippen LogP) is 1.67. The number of piperazine rings is 1. The van der Waals surface area contributed by atoms with Gasteiger partial charge < -0.3 is 10.0 Å². The number of hydrogen-bond acceptors (Lipinski definition) is 5. The summed E-state index contributed by atoms with van der Waals surface area (Å²) in [5.74, 6) is -1.63. The van der Waals surface area contributed by atoms with Crippen molar-refractivity contribution in [1.82, 2.24) is 14.7 Å². The van der Waals surface area contributed by atoms with Gasteiger partial charge in [-0.2, -0.15) is 9.78 Å². The van der Waals surface area contributed by atoms with E-state index in [2.05, 4.69) is 10.00 Å². The lowest BCUT2D eigenvalue weighted by molar-refractivity contribution is 0.122. The maximum atomic E-state index is 13.9. The molecule has 0 spiro atoms. The SMILES string of the molecule is C[C@@H](O)CN1CCN(c2cnn(-c3ccc(F)cc3F)c(=O)c2Cl)CC1. The molecule has 1 N–H and O–H groups in total. The smallest absolute Gasteiger partial charge is 0.292 e. The molecular formula is C17H19ClF2N4O2. The molecule has 1 aromatic heterocycles. The first-order valence-corrected chi connectivity index (χ1v) is 8.63. The van der Waals surface area contributed by atoms with E-state index < -0.39 is 23.3 Å². The first-order valence-electron chi connectivity index (χ1n) is 8.25. The first kappa shape index (κ1) is 18.8. The maximum Gasteiger partial charge on any atom is 0.292 e. The summed E-state index contributed by atoms with van der Waals surface area (Å²) in [6.45, 7) is 5.02. The number of anilines is 1. The van der Waals surface area contributed by atoms with Crippen molar-refractivity contribution < 1.29 is 13.9 Å². The fourth-order valence-corrected chi connectivity index (χ4v) is 3.26. The van der Waals surface area contributed by atoms with Crippen molar-refractivity contribution in [2.75, 3.05) is 37.6 Å². The second kappa shape index (κ2) is 7.69. The van der Waals surface area contributed by atoms with Crippen LogP contribution in [0.25, 0.3) is 5.69 Å². The van der Waals surface area contributed by atoms with Crippen LogP contribution in [0.3, 0.4) is 0 Å². The van der Waals surface area contributed by atoms with E-state index >= 15 is 0 Å². The number of rotatable bonds is 4. The second-order valence-electron chi connectivity index (χ2n) is 6.29. The zero-order valence-corrected chi connectivity index (χ0v) is 15.0. The molecule has 1 aliphatic rings. The Bertz CT molecular complexity index is 851. The van der Waals surface area contributed by atoms with E-state index in [-0.39, 0.29) is 10.7 Å². The van der Waals surface area contributed by atoms with Crippen LogP contribution in [0.5, 0.6) is 0 Å². The van der Waals surface area contributed by atoms with Gasteiger partial charge in [0.25, 0.3) is 5.56 Å². The van der Waals surface area contributed by atoms with Crippen molar-refractivity contribution >= 4 is 17.3 Å². The highest BCUT2D eigenvalue weighted by atomic mass is 35.5. The standard InChI is InChI=1S/C17H19ClF2N4O2/c1-11(25)10-22-4-6-23(7-5-22)15-9-21-24(17(26)16(15)18)14-3-2-12(19)8-13(14)20/h2-3,8-9,11,25H,4-7,10H2,1H3/t11-/m1/s1. The Morgan fingerprint density at radius 2 is 1.92 bits per heavy atom. The lowest BCUT2D eigenvalue weighted by Gasteiger charge is -2.36. The summed E-state index contributed by atoms with van der Waals surface area (Å²) >= 11 is 6.22. The van der Waals surface area contributed by atoms with Crippen LogP contribution < -0.4 is 10.5 Å². The summed E-state index contributed by atoms with van der Waals surface area (Å²) in [4.78, 5) is 16.6. The van der Waals surface area contributed by atoms with Crippen molar-refractivity contribution in [3.8, 4) is 5.69 Å². The summed E-state index contributed by atoms with van der Waals surface area (Å²) in [7, 11) is 0. The van der Waals surface area contributed by atoms with Gasteiger partial charge >= 0.3 is 0 Å². The van der Waals surface area contributed by atoms with Gasteiger partial charge in [-0.05, 0) is 19.1 Å². The summed E-state index contributed by atoms with van der Waals surface area (Å²) in [5.41, 5.74) is -0.347.